The molecule has 0 amide bonds. The van der Waals surface area contributed by atoms with E-state index in [4.69, 9.17) is 8.37 Å². The summed E-state index contributed by atoms with van der Waals surface area (Å²) < 4.78 is 94.2. The van der Waals surface area contributed by atoms with Crippen LogP contribution in [0.2, 0.25) is 0 Å². The van der Waals surface area contributed by atoms with Crippen LogP contribution in [0.3, 0.4) is 0 Å². The van der Waals surface area contributed by atoms with Crippen molar-refractivity contribution in [3.05, 3.63) is 145 Å². The molecule has 0 aromatic heterocycles. The van der Waals surface area contributed by atoms with Gasteiger partial charge in [0.05, 0.1) is 83.8 Å². The van der Waals surface area contributed by atoms with E-state index in [9.17, 15) is 30.5 Å². The molecule has 6 aromatic rings. The van der Waals surface area contributed by atoms with Gasteiger partial charge in [0.2, 0.25) is 0 Å². The van der Waals surface area contributed by atoms with Gasteiger partial charge in [-0.1, -0.05) is 24.3 Å². The van der Waals surface area contributed by atoms with Gasteiger partial charge in [-0.25, -0.2) is 0 Å². The average molecular weight is 981 g/mol. The zero-order valence-electron chi connectivity index (χ0n) is 35.0. The molecule has 66 heavy (non-hydrogen) atoms. The first kappa shape index (κ1) is 51.4. The molecule has 0 aliphatic carbocycles. The molecule has 0 unspecified atom stereocenters. The molecule has 0 N–H and O–H groups in total. The summed E-state index contributed by atoms with van der Waals surface area (Å²) in [6.45, 7) is 0. The van der Waals surface area contributed by atoms with Crippen LogP contribution < -0.4 is 34.8 Å². The van der Waals surface area contributed by atoms with Gasteiger partial charge in [-0.05, 0) is 132 Å². The summed E-state index contributed by atoms with van der Waals surface area (Å²) in [5.74, 6) is 0. The molecule has 25 heteroatoms. The maximum Gasteiger partial charge on any atom is 1.00 e. The number of hydrogen-bond donors (Lipinski definition) is 0. The summed E-state index contributed by atoms with van der Waals surface area (Å²) in [6.07, 6.45) is 2.80. The fourth-order valence-corrected chi connectivity index (χ4v) is 8.02. The summed E-state index contributed by atoms with van der Waals surface area (Å²) in [7, 11) is -9.35. The van der Waals surface area contributed by atoms with Gasteiger partial charge in [0.1, 0.15) is 9.79 Å². The summed E-state index contributed by atoms with van der Waals surface area (Å²) >= 11 is 0.753. The number of nitrogens with zero attached hydrogens (tertiary/aromatic N) is 8. The van der Waals surface area contributed by atoms with Gasteiger partial charge < -0.3 is 5.26 Å². The Bertz CT molecular complexity index is 3120. The molecule has 0 atom stereocenters. The average Bonchev–Trinajstić information content (AvgIpc) is 3.33. The van der Waals surface area contributed by atoms with Gasteiger partial charge in [-0.15, -0.1) is 0 Å². The molecule has 0 spiro atoms. The van der Waals surface area contributed by atoms with Crippen molar-refractivity contribution in [2.45, 2.75) is 19.6 Å². The Morgan fingerprint density at radius 2 is 0.712 bits per heavy atom. The summed E-state index contributed by atoms with van der Waals surface area (Å²) in [5, 5.41) is 46.6. The Balaban J connectivity index is 0.00000817. The second kappa shape index (κ2) is 23.7. The smallest absolute Gasteiger partial charge is 0.691 e. The second-order valence-electron chi connectivity index (χ2n) is 12.7. The predicted molar refractivity (Wildman–Crippen MR) is 235 cm³/mol. The van der Waals surface area contributed by atoms with Crippen LogP contribution in [0.1, 0.15) is 11.1 Å². The molecule has 0 saturated carbocycles. The van der Waals surface area contributed by atoms with E-state index in [1.807, 2.05) is 0 Å². The van der Waals surface area contributed by atoms with Crippen molar-refractivity contribution in [3.8, 4) is 0 Å². The zero-order chi connectivity index (χ0) is 46.5. The standard InChI is InChI=1S/C41H34N8O12S4.Na/c1-57-63(51,52)39-24-20-35(21-25-39)45-43-31-12-16-33(17-13-31)47-49-37-9-7-29(41(27-37)65(55,56)59-3)5-4-28-6-8-36(26-40(28)64(53,54)58-2)48-46-32-14-10-30(11-15-32)42-44-34-18-22-38(23-19-34)62-61-60-50;/h4-27,50H,1-3H3;/q;+1/p-1/b5-4+,44-42?,45-43?,48-46?,49-47?;. The molecular weight excluding hydrogens is 948 g/mol. The van der Waals surface area contributed by atoms with Gasteiger partial charge in [0, 0.05) is 4.90 Å². The second-order valence-corrected chi connectivity index (χ2v) is 18.5. The van der Waals surface area contributed by atoms with E-state index in [1.165, 1.54) is 72.8 Å². The maximum atomic E-state index is 13.0. The third-order valence-corrected chi connectivity index (χ3v) is 13.1. The molecule has 0 saturated heterocycles. The Kier molecular flexibility index (Phi) is 18.5. The molecule has 6 aromatic carbocycles. The number of azo groups is 4. The van der Waals surface area contributed by atoms with E-state index in [0.29, 0.717) is 39.0 Å². The first-order valence-electron chi connectivity index (χ1n) is 18.3. The van der Waals surface area contributed by atoms with Crippen molar-refractivity contribution in [1.29, 1.82) is 0 Å². The Hall–Kier alpha value is -5.58. The summed E-state index contributed by atoms with van der Waals surface area (Å²) in [5.41, 5.74) is 3.44. The van der Waals surface area contributed by atoms with Gasteiger partial charge in [0.15, 0.2) is 0 Å². The van der Waals surface area contributed by atoms with E-state index < -0.39 is 30.4 Å². The first-order valence-corrected chi connectivity index (χ1v) is 23.3. The van der Waals surface area contributed by atoms with Crippen LogP contribution in [0.5, 0.6) is 0 Å². The molecular formula is C41H33N8NaO12S4. The van der Waals surface area contributed by atoms with Gasteiger partial charge in [-0.3, -0.25) is 17.6 Å². The van der Waals surface area contributed by atoms with Crippen LogP contribution in [0.15, 0.2) is 194 Å². The van der Waals surface area contributed by atoms with Crippen molar-refractivity contribution in [2.24, 2.45) is 40.9 Å². The first-order chi connectivity index (χ1) is 31.2. The largest absolute Gasteiger partial charge is 1.00 e. The van der Waals surface area contributed by atoms with Crippen LogP contribution in [0.25, 0.3) is 12.2 Å². The predicted octanol–water partition coefficient (Wildman–Crippen LogP) is 7.76. The number of benzene rings is 6. The minimum absolute atomic E-state index is 0. The molecule has 0 radical (unpaired) electrons. The molecule has 0 heterocycles. The van der Waals surface area contributed by atoms with Crippen LogP contribution in [-0.2, 0) is 52.3 Å². The summed E-state index contributed by atoms with van der Waals surface area (Å²) in [4.78, 5) is 0.0835. The van der Waals surface area contributed by atoms with Crippen molar-refractivity contribution >= 4 is 100 Å². The van der Waals surface area contributed by atoms with Gasteiger partial charge in [0.25, 0.3) is 30.4 Å². The third-order valence-electron chi connectivity index (χ3n) is 8.58. The number of rotatable bonds is 19. The molecule has 6 rings (SSSR count). The van der Waals surface area contributed by atoms with Crippen LogP contribution >= 0.6 is 12.0 Å². The van der Waals surface area contributed by atoms with E-state index >= 15 is 0 Å². The van der Waals surface area contributed by atoms with Crippen molar-refractivity contribution in [2.75, 3.05) is 21.3 Å². The molecule has 20 nitrogen and oxygen atoms in total. The fourth-order valence-electron chi connectivity index (χ4n) is 5.27. The topological polar surface area (TPSA) is 271 Å². The van der Waals surface area contributed by atoms with Crippen LogP contribution in [-0.4, -0.2) is 46.6 Å². The van der Waals surface area contributed by atoms with Crippen molar-refractivity contribution < 1.29 is 82.0 Å². The minimum atomic E-state index is -4.30. The molecule has 0 aliphatic rings. The fraction of sp³-hybridized carbons (Fsp3) is 0.0732. The van der Waals surface area contributed by atoms with Gasteiger partial charge >= 0.3 is 29.6 Å². The van der Waals surface area contributed by atoms with E-state index in [-0.39, 0.29) is 66.7 Å². The molecule has 0 aliphatic heterocycles. The van der Waals surface area contributed by atoms with E-state index in [1.54, 1.807) is 72.8 Å². The van der Waals surface area contributed by atoms with Crippen molar-refractivity contribution in [3.63, 3.8) is 0 Å². The Morgan fingerprint density at radius 3 is 1.03 bits per heavy atom. The molecule has 0 bridgehead atoms. The SMILES string of the molecule is COS(=O)(=O)c1ccc(N=Nc2ccc(N=Nc3ccc(/C=C/c4ccc(N=Nc5ccc(N=Nc6ccc(SOO[O-])cc6)cc5)cc4S(=O)(=O)OC)c(S(=O)(=O)OC)c3)cc2)cc1.[Na+]. The van der Waals surface area contributed by atoms with E-state index in [2.05, 4.69) is 54.5 Å². The maximum absolute atomic E-state index is 13.0. The summed E-state index contributed by atoms with van der Waals surface area (Å²) in [6, 6.07) is 33.9. The quantitative estimate of drug-likeness (QED) is 0.0143. The normalized spacial score (nSPS) is 12.5. The molecule has 334 valence electrons. The number of hydrogen-bond acceptors (Lipinski definition) is 21. The third kappa shape index (κ3) is 14.2. The zero-order valence-corrected chi connectivity index (χ0v) is 40.2. The Morgan fingerprint density at radius 1 is 0.424 bits per heavy atom. The van der Waals surface area contributed by atoms with Crippen LogP contribution in [0, 0.1) is 0 Å². The Labute approximate surface area is 405 Å². The van der Waals surface area contributed by atoms with Crippen molar-refractivity contribution in [1.82, 2.24) is 0 Å². The molecule has 0 fully saturated rings. The minimum Gasteiger partial charge on any atom is -0.691 e. The van der Waals surface area contributed by atoms with E-state index in [0.717, 1.165) is 33.4 Å². The monoisotopic (exact) mass is 980 g/mol. The van der Waals surface area contributed by atoms with Gasteiger partial charge in [-0.2, -0.15) is 70.5 Å². The van der Waals surface area contributed by atoms with Crippen LogP contribution in [0.4, 0.5) is 45.5 Å².